The number of carbonyl (C=O) groups excluding carboxylic acids is 2. The third-order valence-electron chi connectivity index (χ3n) is 6.96. The molecule has 4 fully saturated rings. The molecule has 4 atom stereocenters. The molecule has 2 heterocycles. The first kappa shape index (κ1) is 18.9. The first-order valence-corrected chi connectivity index (χ1v) is 10.7. The van der Waals surface area contributed by atoms with Crippen molar-refractivity contribution in [1.29, 1.82) is 0 Å². The van der Waals surface area contributed by atoms with E-state index in [1.54, 1.807) is 12.1 Å². The van der Waals surface area contributed by atoms with Gasteiger partial charge in [-0.1, -0.05) is 25.0 Å². The molecule has 0 spiro atoms. The molecule has 0 radical (unpaired) electrons. The number of amides is 2. The summed E-state index contributed by atoms with van der Waals surface area (Å²) < 4.78 is 11.9. The molecule has 3 N–H and O–H groups in total. The fourth-order valence-corrected chi connectivity index (χ4v) is 5.11. The van der Waals surface area contributed by atoms with E-state index in [2.05, 4.69) is 10.6 Å². The second kappa shape index (κ2) is 7.29. The quantitative estimate of drug-likeness (QED) is 0.694. The van der Waals surface area contributed by atoms with Crippen LogP contribution in [0.15, 0.2) is 24.3 Å². The molecule has 2 saturated carbocycles. The van der Waals surface area contributed by atoms with Crippen molar-refractivity contribution < 1.29 is 24.2 Å². The molecule has 2 amide bonds. The van der Waals surface area contributed by atoms with Crippen LogP contribution in [-0.2, 0) is 24.5 Å². The third-order valence-corrected chi connectivity index (χ3v) is 6.96. The minimum absolute atomic E-state index is 0.00371. The van der Waals surface area contributed by atoms with E-state index >= 15 is 0 Å². The van der Waals surface area contributed by atoms with Gasteiger partial charge in [-0.25, -0.2) is 0 Å². The first-order chi connectivity index (χ1) is 14.1. The molecule has 2 saturated heterocycles. The van der Waals surface area contributed by atoms with Crippen molar-refractivity contribution in [3.05, 3.63) is 29.8 Å². The maximum absolute atomic E-state index is 13.4. The summed E-state index contributed by atoms with van der Waals surface area (Å²) >= 11 is 0. The van der Waals surface area contributed by atoms with E-state index in [1.165, 1.54) is 0 Å². The van der Waals surface area contributed by atoms with E-state index in [0.29, 0.717) is 13.2 Å². The lowest BCUT2D eigenvalue weighted by atomic mass is 9.77. The highest BCUT2D eigenvalue weighted by atomic mass is 16.6. The van der Waals surface area contributed by atoms with Gasteiger partial charge in [-0.3, -0.25) is 9.59 Å². The zero-order valence-corrected chi connectivity index (χ0v) is 16.4. The van der Waals surface area contributed by atoms with Gasteiger partial charge in [0.05, 0.1) is 30.7 Å². The number of hydrogen-bond acceptors (Lipinski definition) is 5. The fraction of sp³-hybridized carbons (Fsp3) is 0.636. The fourth-order valence-electron chi connectivity index (χ4n) is 5.11. The highest BCUT2D eigenvalue weighted by molar-refractivity contribution is 5.89. The van der Waals surface area contributed by atoms with Crippen LogP contribution in [-0.4, -0.2) is 54.4 Å². The van der Waals surface area contributed by atoms with Gasteiger partial charge in [0, 0.05) is 5.92 Å². The summed E-state index contributed by atoms with van der Waals surface area (Å²) in [5, 5.41) is 15.9. The normalized spacial score (nSPS) is 32.7. The molecule has 0 unspecified atom stereocenters. The Morgan fingerprint density at radius 3 is 2.10 bits per heavy atom. The van der Waals surface area contributed by atoms with Crippen LogP contribution in [0.3, 0.4) is 0 Å². The number of nitrogens with one attached hydrogen (secondary N) is 2. The molecule has 5 rings (SSSR count). The molecule has 156 valence electrons. The Labute approximate surface area is 170 Å². The van der Waals surface area contributed by atoms with Gasteiger partial charge in [0.15, 0.2) is 0 Å². The van der Waals surface area contributed by atoms with Crippen LogP contribution in [0.25, 0.3) is 0 Å². The summed E-state index contributed by atoms with van der Waals surface area (Å²) in [6.07, 6.45) is 5.09. The van der Waals surface area contributed by atoms with Crippen molar-refractivity contribution in [3.8, 4) is 5.75 Å². The maximum Gasteiger partial charge on any atom is 0.231 e. The summed E-state index contributed by atoms with van der Waals surface area (Å²) in [6.45, 7) is 0.811. The lowest BCUT2D eigenvalue weighted by Gasteiger charge is -2.30. The number of phenolic OH excluding ortho intramolecular Hbond substituents is 1. The third kappa shape index (κ3) is 3.40. The van der Waals surface area contributed by atoms with E-state index < -0.39 is 5.41 Å². The van der Waals surface area contributed by atoms with E-state index in [1.807, 2.05) is 12.1 Å². The molecule has 1 aromatic rings. The number of ether oxygens (including phenoxy) is 2. The Morgan fingerprint density at radius 1 is 0.931 bits per heavy atom. The summed E-state index contributed by atoms with van der Waals surface area (Å²) in [4.78, 5) is 25.5. The number of hydrogen-bond donors (Lipinski definition) is 3. The molecule has 1 aromatic carbocycles. The average Bonchev–Trinajstić information content (AvgIpc) is 3.13. The SMILES string of the molecule is O=C(N[C@H]1CO[C@H]2[C@@H]1OC[C@@H]2NC(=O)C1(c2ccc(O)cc2)CCCC1)C1CC1. The van der Waals surface area contributed by atoms with Gasteiger partial charge < -0.3 is 25.2 Å². The summed E-state index contributed by atoms with van der Waals surface area (Å²) in [5.74, 6) is 0.447. The number of rotatable bonds is 5. The zero-order valence-electron chi connectivity index (χ0n) is 16.4. The minimum atomic E-state index is -0.565. The summed E-state index contributed by atoms with van der Waals surface area (Å²) in [6, 6.07) is 6.63. The number of benzene rings is 1. The van der Waals surface area contributed by atoms with Crippen molar-refractivity contribution in [2.75, 3.05) is 13.2 Å². The average molecular weight is 400 g/mol. The Bertz CT molecular complexity index is 785. The predicted octanol–water partition coefficient (Wildman–Crippen LogP) is 1.38. The molecule has 2 aliphatic carbocycles. The molecule has 7 nitrogen and oxygen atoms in total. The van der Waals surface area contributed by atoms with Gasteiger partial charge in [-0.05, 0) is 43.4 Å². The van der Waals surface area contributed by atoms with Crippen LogP contribution in [0.4, 0.5) is 0 Å². The van der Waals surface area contributed by atoms with Crippen molar-refractivity contribution in [1.82, 2.24) is 10.6 Å². The van der Waals surface area contributed by atoms with Gasteiger partial charge in [0.25, 0.3) is 0 Å². The largest absolute Gasteiger partial charge is 0.508 e. The molecule has 4 aliphatic rings. The second-order valence-electron chi connectivity index (χ2n) is 8.90. The Morgan fingerprint density at radius 2 is 1.52 bits per heavy atom. The Hall–Kier alpha value is -2.12. The Balaban J connectivity index is 1.27. The van der Waals surface area contributed by atoms with Gasteiger partial charge >= 0.3 is 0 Å². The van der Waals surface area contributed by atoms with Crippen LogP contribution >= 0.6 is 0 Å². The van der Waals surface area contributed by atoms with Crippen molar-refractivity contribution in [3.63, 3.8) is 0 Å². The second-order valence-corrected chi connectivity index (χ2v) is 8.90. The molecular weight excluding hydrogens is 372 g/mol. The van der Waals surface area contributed by atoms with Crippen LogP contribution in [0.2, 0.25) is 0 Å². The zero-order chi connectivity index (χ0) is 20.0. The van der Waals surface area contributed by atoms with Crippen molar-refractivity contribution in [2.24, 2.45) is 5.92 Å². The van der Waals surface area contributed by atoms with Gasteiger partial charge in [0.2, 0.25) is 11.8 Å². The summed E-state index contributed by atoms with van der Waals surface area (Å²) in [7, 11) is 0. The van der Waals surface area contributed by atoms with E-state index in [4.69, 9.17) is 9.47 Å². The minimum Gasteiger partial charge on any atom is -0.508 e. The molecular formula is C22H28N2O5. The maximum atomic E-state index is 13.4. The van der Waals surface area contributed by atoms with Crippen molar-refractivity contribution >= 4 is 11.8 Å². The molecule has 0 bridgehead atoms. The monoisotopic (exact) mass is 400 g/mol. The van der Waals surface area contributed by atoms with E-state index in [-0.39, 0.29) is 47.8 Å². The van der Waals surface area contributed by atoms with E-state index in [9.17, 15) is 14.7 Å². The van der Waals surface area contributed by atoms with Crippen LogP contribution in [0, 0.1) is 5.92 Å². The lowest BCUT2D eigenvalue weighted by Crippen LogP contribution is -2.51. The molecule has 7 heteroatoms. The van der Waals surface area contributed by atoms with E-state index in [0.717, 1.165) is 44.1 Å². The topological polar surface area (TPSA) is 96.9 Å². The number of carbonyl (C=O) groups is 2. The molecule has 0 aromatic heterocycles. The van der Waals surface area contributed by atoms with Crippen LogP contribution < -0.4 is 10.6 Å². The van der Waals surface area contributed by atoms with Gasteiger partial charge in [-0.15, -0.1) is 0 Å². The highest BCUT2D eigenvalue weighted by Gasteiger charge is 2.51. The van der Waals surface area contributed by atoms with Gasteiger partial charge in [0.1, 0.15) is 18.0 Å². The van der Waals surface area contributed by atoms with Crippen molar-refractivity contribution in [2.45, 2.75) is 68.2 Å². The lowest BCUT2D eigenvalue weighted by molar-refractivity contribution is -0.128. The number of fused-ring (bicyclic) bond motifs is 1. The molecule has 29 heavy (non-hydrogen) atoms. The molecule has 2 aliphatic heterocycles. The predicted molar refractivity (Wildman–Crippen MR) is 104 cm³/mol. The number of aromatic hydroxyl groups is 1. The van der Waals surface area contributed by atoms with Crippen LogP contribution in [0.1, 0.15) is 44.1 Å². The standard InChI is InChI=1S/C22H28N2O5/c25-15-7-5-14(6-8-15)22(9-1-2-10-22)21(27)24-17-12-29-18-16(11-28-19(17)18)23-20(26)13-3-4-13/h5-8,13,16-19,25H,1-4,9-12H2,(H,23,26)(H,24,27)/t16-,17-,18+,19+/m0/s1. The summed E-state index contributed by atoms with van der Waals surface area (Å²) in [5.41, 5.74) is 0.381. The number of phenols is 1. The highest BCUT2D eigenvalue weighted by Crippen LogP contribution is 2.42. The first-order valence-electron chi connectivity index (χ1n) is 10.7. The Kier molecular flexibility index (Phi) is 4.75. The smallest absolute Gasteiger partial charge is 0.231 e. The van der Waals surface area contributed by atoms with Crippen LogP contribution in [0.5, 0.6) is 5.75 Å². The van der Waals surface area contributed by atoms with Gasteiger partial charge in [-0.2, -0.15) is 0 Å².